The number of halogens is 1. The summed E-state index contributed by atoms with van der Waals surface area (Å²) in [6.45, 7) is 3.44. The summed E-state index contributed by atoms with van der Waals surface area (Å²) in [7, 11) is -2.53. The van der Waals surface area contributed by atoms with Crippen molar-refractivity contribution in [2.24, 2.45) is 0 Å². The Morgan fingerprint density at radius 3 is 2.36 bits per heavy atom. The number of benzene rings is 2. The minimum Gasteiger partial charge on any atom is -0.478 e. The van der Waals surface area contributed by atoms with E-state index in [4.69, 9.17) is 16.3 Å². The van der Waals surface area contributed by atoms with Crippen molar-refractivity contribution in [1.82, 2.24) is 0 Å². The molecule has 0 N–H and O–H groups in total. The molecule has 0 radical (unpaired) electrons. The maximum Gasteiger partial charge on any atom is 0.210 e. The first kappa shape index (κ1) is 17.7. The molecule has 1 aliphatic rings. The lowest BCUT2D eigenvalue weighted by molar-refractivity contribution is -0.125. The topological polar surface area (TPSA) is 60.4 Å². The average molecular weight is 377 g/mol. The van der Waals surface area contributed by atoms with E-state index in [-0.39, 0.29) is 11.5 Å². The molecule has 4 nitrogen and oxygen atoms in total. The largest absolute Gasteiger partial charge is 0.478 e. The van der Waals surface area contributed by atoms with Gasteiger partial charge in [-0.2, -0.15) is 0 Å². The zero-order valence-electron chi connectivity index (χ0n) is 13.8. The van der Waals surface area contributed by atoms with Crippen LogP contribution >= 0.6 is 11.6 Å². The Balaban J connectivity index is 2.15. The summed E-state index contributed by atoms with van der Waals surface area (Å²) in [6, 6.07) is 14.3. The Hall–Kier alpha value is -2.11. The molecule has 2 aromatic rings. The monoisotopic (exact) mass is 376 g/mol. The lowest BCUT2D eigenvalue weighted by Crippen LogP contribution is -2.29. The molecule has 3 rings (SSSR count). The molecule has 0 unspecified atom stereocenters. The number of hydrogen-bond acceptors (Lipinski definition) is 4. The molecule has 130 valence electrons. The van der Waals surface area contributed by atoms with Crippen molar-refractivity contribution in [2.75, 3.05) is 0 Å². The first-order valence-corrected chi connectivity index (χ1v) is 9.48. The van der Waals surface area contributed by atoms with Crippen LogP contribution < -0.4 is 0 Å². The third-order valence-corrected chi connectivity index (χ3v) is 4.95. The van der Waals surface area contributed by atoms with Crippen molar-refractivity contribution < 1.29 is 17.9 Å². The van der Waals surface area contributed by atoms with Gasteiger partial charge in [-0.15, -0.1) is 0 Å². The third kappa shape index (κ3) is 3.48. The lowest BCUT2D eigenvalue weighted by atomic mass is 9.92. The number of carbonyl (C=O) groups excluding carboxylic acids is 1. The fourth-order valence-corrected chi connectivity index (χ4v) is 3.59. The second-order valence-electron chi connectivity index (χ2n) is 6.32. The molecule has 0 fully saturated rings. The highest BCUT2D eigenvalue weighted by Crippen LogP contribution is 2.43. The molecule has 0 bridgehead atoms. The van der Waals surface area contributed by atoms with Crippen molar-refractivity contribution in [3.05, 3.63) is 70.2 Å². The van der Waals surface area contributed by atoms with Crippen molar-refractivity contribution in [2.45, 2.75) is 25.2 Å². The van der Waals surface area contributed by atoms with Gasteiger partial charge in [0, 0.05) is 5.56 Å². The van der Waals surface area contributed by atoms with Gasteiger partial charge in [0.1, 0.15) is 16.5 Å². The second kappa shape index (κ2) is 6.65. The molecule has 1 heterocycles. The Morgan fingerprint density at radius 2 is 1.76 bits per heavy atom. The molecule has 6 heteroatoms. The molecule has 2 aromatic carbocycles. The molecular formula is C19H17ClO4S. The molecule has 0 amide bonds. The van der Waals surface area contributed by atoms with Gasteiger partial charge in [-0.1, -0.05) is 48.0 Å². The van der Waals surface area contributed by atoms with Crippen LogP contribution in [0.25, 0.3) is 11.3 Å². The van der Waals surface area contributed by atoms with E-state index in [1.807, 2.05) is 30.3 Å². The normalized spacial score (nSPS) is 16.4. The SMILES string of the molecule is CC1(C)OC(c2ccc(C[SH](=O)=O)cc2Cl)=C(c2ccccc2)C1=O. The molecular weight excluding hydrogens is 360 g/mol. The van der Waals surface area contributed by atoms with Crippen molar-refractivity contribution in [3.8, 4) is 0 Å². The van der Waals surface area contributed by atoms with E-state index in [0.29, 0.717) is 27.5 Å². The fraction of sp³-hybridized carbons (Fsp3) is 0.211. The number of hydrogen-bond donors (Lipinski definition) is 1. The number of thiol groups is 1. The zero-order valence-corrected chi connectivity index (χ0v) is 15.4. The maximum absolute atomic E-state index is 12.8. The standard InChI is InChI=1S/C19H17ClO4S/c1-19(2)18(21)16(13-6-4-3-5-7-13)17(24-19)14-9-8-12(10-15(14)20)11-25(22)23/h3-10,25H,11H2,1-2H3. The number of ether oxygens (including phenoxy) is 1. The van der Waals surface area contributed by atoms with Crippen LogP contribution in [-0.4, -0.2) is 19.8 Å². The Morgan fingerprint density at radius 1 is 1.08 bits per heavy atom. The third-order valence-electron chi connectivity index (χ3n) is 4.01. The van der Waals surface area contributed by atoms with Crippen LogP contribution in [0.1, 0.15) is 30.5 Å². The first-order valence-electron chi connectivity index (χ1n) is 7.74. The van der Waals surface area contributed by atoms with Crippen molar-refractivity contribution >= 4 is 39.4 Å². The van der Waals surface area contributed by atoms with E-state index >= 15 is 0 Å². The van der Waals surface area contributed by atoms with Gasteiger partial charge >= 0.3 is 0 Å². The van der Waals surface area contributed by atoms with Crippen LogP contribution in [0.3, 0.4) is 0 Å². The predicted octanol–water partition coefficient (Wildman–Crippen LogP) is 3.70. The number of ketones is 1. The molecule has 0 spiro atoms. The highest BCUT2D eigenvalue weighted by atomic mass is 35.5. The molecule has 0 saturated heterocycles. The van der Waals surface area contributed by atoms with Crippen molar-refractivity contribution in [3.63, 3.8) is 0 Å². The summed E-state index contributed by atoms with van der Waals surface area (Å²) in [5, 5.41) is 0.350. The number of Topliss-reactive ketones (excluding diaryl/α,β-unsaturated/α-hetero) is 1. The lowest BCUT2D eigenvalue weighted by Gasteiger charge is -2.18. The number of rotatable bonds is 4. The van der Waals surface area contributed by atoms with Crippen LogP contribution in [0.2, 0.25) is 5.02 Å². The van der Waals surface area contributed by atoms with E-state index in [2.05, 4.69) is 0 Å². The van der Waals surface area contributed by atoms with Crippen LogP contribution in [0.4, 0.5) is 0 Å². The minimum atomic E-state index is -2.53. The highest BCUT2D eigenvalue weighted by molar-refractivity contribution is 7.71. The molecule has 25 heavy (non-hydrogen) atoms. The summed E-state index contributed by atoms with van der Waals surface area (Å²) in [4.78, 5) is 12.8. The smallest absolute Gasteiger partial charge is 0.210 e. The van der Waals surface area contributed by atoms with Crippen LogP contribution in [0.15, 0.2) is 48.5 Å². The molecule has 1 aliphatic heterocycles. The highest BCUT2D eigenvalue weighted by Gasteiger charge is 2.43. The summed E-state index contributed by atoms with van der Waals surface area (Å²) < 4.78 is 27.7. The van der Waals surface area contributed by atoms with Gasteiger partial charge in [0.2, 0.25) is 5.78 Å². The Labute approximate surface area is 153 Å². The summed E-state index contributed by atoms with van der Waals surface area (Å²) in [5.41, 5.74) is 1.42. The maximum atomic E-state index is 12.8. The summed E-state index contributed by atoms with van der Waals surface area (Å²) in [6.07, 6.45) is 0. The van der Waals surface area contributed by atoms with E-state index in [1.54, 1.807) is 32.0 Å². The number of carbonyl (C=O) groups is 1. The Bertz CT molecular complexity index is 935. The molecule has 0 atom stereocenters. The first-order chi connectivity index (χ1) is 11.8. The van der Waals surface area contributed by atoms with Crippen LogP contribution in [0, 0.1) is 0 Å². The van der Waals surface area contributed by atoms with Gasteiger partial charge in [-0.25, -0.2) is 8.42 Å². The van der Waals surface area contributed by atoms with Gasteiger partial charge in [-0.3, -0.25) is 4.79 Å². The van der Waals surface area contributed by atoms with Crippen molar-refractivity contribution in [1.29, 1.82) is 0 Å². The fourth-order valence-electron chi connectivity index (χ4n) is 2.80. The van der Waals surface area contributed by atoms with E-state index < -0.39 is 16.3 Å². The molecule has 0 saturated carbocycles. The van der Waals surface area contributed by atoms with E-state index in [9.17, 15) is 13.2 Å². The molecule has 0 aliphatic carbocycles. The Kier molecular flexibility index (Phi) is 4.71. The van der Waals surface area contributed by atoms with Gasteiger partial charge < -0.3 is 4.74 Å². The van der Waals surface area contributed by atoms with E-state index in [1.165, 1.54) is 0 Å². The average Bonchev–Trinajstić information content (AvgIpc) is 2.78. The van der Waals surface area contributed by atoms with Gasteiger partial charge in [-0.05, 0) is 37.1 Å². The zero-order chi connectivity index (χ0) is 18.2. The summed E-state index contributed by atoms with van der Waals surface area (Å²) >= 11 is 6.36. The quantitative estimate of drug-likeness (QED) is 0.826. The van der Waals surface area contributed by atoms with Crippen LogP contribution in [-0.2, 0) is 26.0 Å². The second-order valence-corrected chi connectivity index (χ2v) is 7.71. The molecule has 0 aromatic heterocycles. The minimum absolute atomic E-state index is 0.0782. The van der Waals surface area contributed by atoms with E-state index in [0.717, 1.165) is 5.56 Å². The summed E-state index contributed by atoms with van der Waals surface area (Å²) in [5.74, 6) is 0.228. The predicted molar refractivity (Wildman–Crippen MR) is 98.9 cm³/mol. The van der Waals surface area contributed by atoms with Gasteiger partial charge in [0.25, 0.3) is 0 Å². The van der Waals surface area contributed by atoms with Gasteiger partial charge in [0.05, 0.1) is 16.3 Å². The van der Waals surface area contributed by atoms with Crippen LogP contribution in [0.5, 0.6) is 0 Å². The van der Waals surface area contributed by atoms with Gasteiger partial charge in [0.15, 0.2) is 5.60 Å².